The number of rotatable bonds is 3. The van der Waals surface area contributed by atoms with Crippen molar-refractivity contribution in [1.82, 2.24) is 19.8 Å². The van der Waals surface area contributed by atoms with Crippen LogP contribution in [0.25, 0.3) is 11.0 Å². The third-order valence-corrected chi connectivity index (χ3v) is 3.78. The fourth-order valence-corrected chi connectivity index (χ4v) is 2.60. The largest absolute Gasteiger partial charge is 0.387 e. The molecule has 19 heavy (non-hydrogen) atoms. The number of hydrogen-bond acceptors (Lipinski definition) is 4. The van der Waals surface area contributed by atoms with Gasteiger partial charge in [0.05, 0.1) is 23.5 Å². The zero-order valence-electron chi connectivity index (χ0n) is 11.2. The number of aliphatic hydroxyl groups excluding tert-OH is 1. The van der Waals surface area contributed by atoms with Gasteiger partial charge in [0, 0.05) is 39.8 Å². The first-order valence-electron chi connectivity index (χ1n) is 6.76. The van der Waals surface area contributed by atoms with Crippen LogP contribution in [0.5, 0.6) is 0 Å². The smallest absolute Gasteiger partial charge is 0.0955 e. The summed E-state index contributed by atoms with van der Waals surface area (Å²) in [6.07, 6.45) is 1.36. The Morgan fingerprint density at radius 1 is 1.37 bits per heavy atom. The van der Waals surface area contributed by atoms with Crippen molar-refractivity contribution in [3.8, 4) is 0 Å². The average Bonchev–Trinajstić information content (AvgIpc) is 2.81. The third-order valence-electron chi connectivity index (χ3n) is 3.78. The summed E-state index contributed by atoms with van der Waals surface area (Å²) in [6, 6.07) is 6.01. The van der Waals surface area contributed by atoms with Gasteiger partial charge in [0.1, 0.15) is 0 Å². The van der Waals surface area contributed by atoms with E-state index in [4.69, 9.17) is 0 Å². The number of piperazine rings is 1. The van der Waals surface area contributed by atoms with Crippen molar-refractivity contribution < 1.29 is 5.11 Å². The number of nitrogens with one attached hydrogen (secondary N) is 1. The first-order valence-corrected chi connectivity index (χ1v) is 6.76. The molecule has 0 radical (unpaired) electrons. The van der Waals surface area contributed by atoms with E-state index in [2.05, 4.69) is 15.2 Å². The van der Waals surface area contributed by atoms with Crippen molar-refractivity contribution in [2.45, 2.75) is 6.10 Å². The molecule has 1 unspecified atom stereocenters. The summed E-state index contributed by atoms with van der Waals surface area (Å²) in [5.41, 5.74) is 2.99. The van der Waals surface area contributed by atoms with E-state index < -0.39 is 6.10 Å². The molecule has 1 saturated heterocycles. The maximum Gasteiger partial charge on any atom is 0.0955 e. The summed E-state index contributed by atoms with van der Waals surface area (Å²) in [7, 11) is 1.98. The maximum atomic E-state index is 10.3. The number of nitrogens with zero attached hydrogens (tertiary/aromatic N) is 3. The van der Waals surface area contributed by atoms with Crippen LogP contribution < -0.4 is 5.32 Å². The Morgan fingerprint density at radius 2 is 2.16 bits per heavy atom. The Morgan fingerprint density at radius 3 is 2.95 bits per heavy atom. The average molecular weight is 260 g/mol. The van der Waals surface area contributed by atoms with Gasteiger partial charge >= 0.3 is 0 Å². The highest BCUT2D eigenvalue weighted by molar-refractivity contribution is 5.76. The van der Waals surface area contributed by atoms with Crippen LogP contribution in [0.4, 0.5) is 0 Å². The van der Waals surface area contributed by atoms with Crippen molar-refractivity contribution in [3.05, 3.63) is 30.1 Å². The summed E-state index contributed by atoms with van der Waals surface area (Å²) >= 11 is 0. The van der Waals surface area contributed by atoms with Crippen molar-refractivity contribution in [2.24, 2.45) is 7.05 Å². The molecule has 0 saturated carbocycles. The number of hydrogen-bond donors (Lipinski definition) is 2. The topological polar surface area (TPSA) is 53.3 Å². The van der Waals surface area contributed by atoms with Crippen LogP contribution in [0.15, 0.2) is 24.5 Å². The van der Waals surface area contributed by atoms with E-state index >= 15 is 0 Å². The lowest BCUT2D eigenvalue weighted by Gasteiger charge is -2.29. The molecule has 0 amide bonds. The summed E-state index contributed by atoms with van der Waals surface area (Å²) in [4.78, 5) is 6.63. The van der Waals surface area contributed by atoms with Crippen molar-refractivity contribution in [3.63, 3.8) is 0 Å². The molecule has 102 valence electrons. The van der Waals surface area contributed by atoms with Gasteiger partial charge in [-0.15, -0.1) is 0 Å². The van der Waals surface area contributed by atoms with Gasteiger partial charge in [-0.1, -0.05) is 6.07 Å². The Kier molecular flexibility index (Phi) is 3.50. The minimum absolute atomic E-state index is 0.440. The second-order valence-corrected chi connectivity index (χ2v) is 5.17. The van der Waals surface area contributed by atoms with Gasteiger partial charge in [0.15, 0.2) is 0 Å². The zero-order chi connectivity index (χ0) is 13.2. The van der Waals surface area contributed by atoms with Gasteiger partial charge in [0.25, 0.3) is 0 Å². The molecule has 1 aliphatic rings. The molecule has 2 N–H and O–H groups in total. The van der Waals surface area contributed by atoms with Crippen LogP contribution in [0, 0.1) is 0 Å². The molecule has 5 heteroatoms. The number of benzene rings is 1. The van der Waals surface area contributed by atoms with Gasteiger partial charge in [-0.05, 0) is 17.7 Å². The van der Waals surface area contributed by atoms with Crippen LogP contribution in [-0.4, -0.2) is 52.3 Å². The predicted molar refractivity (Wildman–Crippen MR) is 75.0 cm³/mol. The highest BCUT2D eigenvalue weighted by atomic mass is 16.3. The van der Waals surface area contributed by atoms with Gasteiger partial charge < -0.3 is 15.0 Å². The van der Waals surface area contributed by atoms with E-state index in [1.165, 1.54) is 0 Å². The number of aliphatic hydroxyl groups is 1. The Labute approximate surface area is 112 Å². The minimum atomic E-state index is -0.440. The molecule has 0 bridgehead atoms. The number of fused-ring (bicyclic) bond motifs is 1. The van der Waals surface area contributed by atoms with Gasteiger partial charge in [-0.2, -0.15) is 0 Å². The molecular formula is C14H20N4O. The van der Waals surface area contributed by atoms with E-state index in [0.717, 1.165) is 42.8 Å². The molecule has 5 nitrogen and oxygen atoms in total. The number of imidazole rings is 1. The molecule has 2 aromatic rings. The second-order valence-electron chi connectivity index (χ2n) is 5.17. The van der Waals surface area contributed by atoms with Gasteiger partial charge in [0.2, 0.25) is 0 Å². The van der Waals surface area contributed by atoms with Crippen molar-refractivity contribution in [2.75, 3.05) is 32.7 Å². The summed E-state index contributed by atoms with van der Waals surface area (Å²) in [5, 5.41) is 13.7. The monoisotopic (exact) mass is 260 g/mol. The normalized spacial score (nSPS) is 18.8. The summed E-state index contributed by atoms with van der Waals surface area (Å²) < 4.78 is 1.99. The lowest BCUT2D eigenvalue weighted by Crippen LogP contribution is -2.44. The van der Waals surface area contributed by atoms with E-state index in [1.807, 2.05) is 29.8 Å². The molecule has 1 aliphatic heterocycles. The number of aromatic nitrogens is 2. The van der Waals surface area contributed by atoms with Crippen LogP contribution in [0.1, 0.15) is 11.7 Å². The fourth-order valence-electron chi connectivity index (χ4n) is 2.60. The molecule has 1 aromatic carbocycles. The Hall–Kier alpha value is -1.43. The van der Waals surface area contributed by atoms with E-state index in [9.17, 15) is 5.11 Å². The van der Waals surface area contributed by atoms with E-state index in [0.29, 0.717) is 6.54 Å². The molecule has 1 atom stereocenters. The molecular weight excluding hydrogens is 240 g/mol. The quantitative estimate of drug-likeness (QED) is 0.844. The number of β-amino-alcohol motifs (C(OH)–C–C–N with tert-alkyl or cyclic N) is 1. The second kappa shape index (κ2) is 5.28. The minimum Gasteiger partial charge on any atom is -0.387 e. The third kappa shape index (κ3) is 2.63. The predicted octanol–water partition coefficient (Wildman–Crippen LogP) is 0.512. The maximum absolute atomic E-state index is 10.3. The number of aryl methyl sites for hydroxylation is 1. The summed E-state index contributed by atoms with van der Waals surface area (Å²) in [6.45, 7) is 4.71. The highest BCUT2D eigenvalue weighted by Crippen LogP contribution is 2.20. The van der Waals surface area contributed by atoms with Crippen molar-refractivity contribution in [1.29, 1.82) is 0 Å². The van der Waals surface area contributed by atoms with Crippen LogP contribution in [0.2, 0.25) is 0 Å². The van der Waals surface area contributed by atoms with Gasteiger partial charge in [-0.3, -0.25) is 4.90 Å². The van der Waals surface area contributed by atoms with Crippen LogP contribution >= 0.6 is 0 Å². The molecule has 0 aliphatic carbocycles. The van der Waals surface area contributed by atoms with E-state index in [-0.39, 0.29) is 0 Å². The van der Waals surface area contributed by atoms with Crippen molar-refractivity contribution >= 4 is 11.0 Å². The Bertz CT molecular complexity index is 560. The first kappa shape index (κ1) is 12.6. The standard InChI is InChI=1S/C14H20N4O/c1-17-10-16-12-8-11(2-3-13(12)17)14(19)9-18-6-4-15-5-7-18/h2-3,8,10,14-15,19H,4-7,9H2,1H3. The van der Waals surface area contributed by atoms with Crippen LogP contribution in [-0.2, 0) is 7.05 Å². The molecule has 1 fully saturated rings. The fraction of sp³-hybridized carbons (Fsp3) is 0.500. The lowest BCUT2D eigenvalue weighted by molar-refractivity contribution is 0.106. The SMILES string of the molecule is Cn1cnc2cc(C(O)CN3CCNCC3)ccc21. The van der Waals surface area contributed by atoms with Crippen LogP contribution in [0.3, 0.4) is 0 Å². The molecule has 1 aromatic heterocycles. The molecule has 3 rings (SSSR count). The first-order chi connectivity index (χ1) is 9.24. The Balaban J connectivity index is 1.75. The molecule has 0 spiro atoms. The highest BCUT2D eigenvalue weighted by Gasteiger charge is 2.16. The van der Waals surface area contributed by atoms with Gasteiger partial charge in [-0.25, -0.2) is 4.98 Å². The summed E-state index contributed by atoms with van der Waals surface area (Å²) in [5.74, 6) is 0. The molecule has 2 heterocycles. The zero-order valence-corrected chi connectivity index (χ0v) is 11.2. The van der Waals surface area contributed by atoms with E-state index in [1.54, 1.807) is 6.33 Å². The lowest BCUT2D eigenvalue weighted by atomic mass is 10.1.